The highest BCUT2D eigenvalue weighted by Crippen LogP contribution is 2.28. The van der Waals surface area contributed by atoms with Gasteiger partial charge in [-0.3, -0.25) is 9.10 Å². The molecule has 2 heterocycles. The van der Waals surface area contributed by atoms with Crippen molar-refractivity contribution in [2.24, 2.45) is 5.92 Å². The summed E-state index contributed by atoms with van der Waals surface area (Å²) in [6, 6.07) is 6.02. The van der Waals surface area contributed by atoms with Crippen LogP contribution in [0.4, 0.5) is 5.69 Å². The molecule has 0 spiro atoms. The predicted octanol–water partition coefficient (Wildman–Crippen LogP) is 4.86. The fraction of sp³-hybridized carbons (Fsp3) is 0.571. The van der Waals surface area contributed by atoms with Crippen molar-refractivity contribution in [1.82, 2.24) is 9.62 Å². The maximum absolute atomic E-state index is 12.9. The highest BCUT2D eigenvalue weighted by atomic mass is 35.5. The summed E-state index contributed by atoms with van der Waals surface area (Å²) < 4.78 is 2.42. The van der Waals surface area contributed by atoms with Crippen molar-refractivity contribution in [2.75, 3.05) is 24.7 Å². The van der Waals surface area contributed by atoms with Gasteiger partial charge in [0.1, 0.15) is 5.70 Å². The smallest absolute Gasteiger partial charge is 0.267 e. The van der Waals surface area contributed by atoms with Crippen LogP contribution in [0.15, 0.2) is 30.0 Å². The molecule has 1 saturated heterocycles. The second-order valence-electron chi connectivity index (χ2n) is 7.42. The lowest BCUT2D eigenvalue weighted by atomic mass is 9.87. The average molecular weight is 408 g/mol. The molecular weight excluding hydrogens is 378 g/mol. The van der Waals surface area contributed by atoms with Crippen molar-refractivity contribution in [3.63, 3.8) is 0 Å². The van der Waals surface area contributed by atoms with Crippen LogP contribution in [0.2, 0.25) is 5.02 Å². The van der Waals surface area contributed by atoms with Gasteiger partial charge in [0.05, 0.1) is 0 Å². The summed E-state index contributed by atoms with van der Waals surface area (Å²) in [5.74, 6) is 0.586. The van der Waals surface area contributed by atoms with E-state index in [1.54, 1.807) is 0 Å². The van der Waals surface area contributed by atoms with Gasteiger partial charge in [0, 0.05) is 29.8 Å². The third kappa shape index (κ3) is 5.43. The van der Waals surface area contributed by atoms with E-state index >= 15 is 0 Å². The minimum Gasteiger partial charge on any atom is -0.351 e. The lowest BCUT2D eigenvalue weighted by Crippen LogP contribution is -2.45. The first-order chi connectivity index (χ1) is 13.1. The van der Waals surface area contributed by atoms with Crippen molar-refractivity contribution >= 4 is 35.1 Å². The number of benzene rings is 1. The molecule has 0 radical (unpaired) electrons. The number of fused-ring (bicyclic) bond motifs is 1. The van der Waals surface area contributed by atoms with Crippen LogP contribution in [0.5, 0.6) is 0 Å². The number of hydrogen-bond donors (Lipinski definition) is 2. The van der Waals surface area contributed by atoms with Gasteiger partial charge in [0.2, 0.25) is 0 Å². The van der Waals surface area contributed by atoms with Gasteiger partial charge in [-0.25, -0.2) is 0 Å². The van der Waals surface area contributed by atoms with E-state index in [1.807, 2.05) is 36.2 Å². The number of nitrogens with zero attached hydrogens (tertiary/aromatic N) is 1. The fourth-order valence-electron chi connectivity index (χ4n) is 3.97. The molecule has 0 aliphatic carbocycles. The SMILES string of the molecule is CCCCC(NC(=O)C1=CCc2cc(Cl)ccc2N1)C1CCN(SC)CC1. The number of carbonyl (C=O) groups is 1. The molecule has 2 aliphatic heterocycles. The van der Waals surface area contributed by atoms with E-state index in [4.69, 9.17) is 11.6 Å². The number of hydrogen-bond acceptors (Lipinski definition) is 4. The van der Waals surface area contributed by atoms with Gasteiger partial charge in [-0.1, -0.05) is 49.4 Å². The first-order valence-corrected chi connectivity index (χ1v) is 11.5. The molecule has 1 aromatic carbocycles. The van der Waals surface area contributed by atoms with Crippen LogP contribution in [-0.4, -0.2) is 35.6 Å². The summed E-state index contributed by atoms with van der Waals surface area (Å²) in [6.07, 6.45) is 10.5. The molecule has 27 heavy (non-hydrogen) atoms. The lowest BCUT2D eigenvalue weighted by Gasteiger charge is -2.35. The number of carbonyl (C=O) groups excluding carboxylic acids is 1. The highest BCUT2D eigenvalue weighted by molar-refractivity contribution is 7.96. The summed E-state index contributed by atoms with van der Waals surface area (Å²) >= 11 is 7.89. The van der Waals surface area contributed by atoms with Crippen molar-refractivity contribution < 1.29 is 4.79 Å². The Balaban J connectivity index is 1.62. The van der Waals surface area contributed by atoms with E-state index in [-0.39, 0.29) is 11.9 Å². The number of piperidine rings is 1. The minimum atomic E-state index is 0.0176. The zero-order valence-corrected chi connectivity index (χ0v) is 17.8. The molecule has 6 heteroatoms. The second kappa shape index (κ2) is 9.85. The molecule has 0 bridgehead atoms. The normalized spacial score (nSPS) is 19.0. The molecular formula is C21H30ClN3OS. The molecule has 1 fully saturated rings. The summed E-state index contributed by atoms with van der Waals surface area (Å²) in [6.45, 7) is 4.43. The van der Waals surface area contributed by atoms with E-state index in [0.717, 1.165) is 67.9 Å². The van der Waals surface area contributed by atoms with E-state index in [0.29, 0.717) is 11.6 Å². The van der Waals surface area contributed by atoms with Crippen LogP contribution in [-0.2, 0) is 11.2 Å². The van der Waals surface area contributed by atoms with E-state index in [9.17, 15) is 4.79 Å². The van der Waals surface area contributed by atoms with E-state index < -0.39 is 0 Å². The van der Waals surface area contributed by atoms with Gasteiger partial charge in [-0.2, -0.15) is 0 Å². The number of anilines is 1. The highest BCUT2D eigenvalue weighted by Gasteiger charge is 2.28. The molecule has 2 N–H and O–H groups in total. The monoisotopic (exact) mass is 407 g/mol. The Kier molecular flexibility index (Phi) is 7.50. The number of unbranched alkanes of at least 4 members (excludes halogenated alkanes) is 1. The van der Waals surface area contributed by atoms with Crippen LogP contribution in [0, 0.1) is 5.92 Å². The molecule has 4 nitrogen and oxygen atoms in total. The Morgan fingerprint density at radius 1 is 1.41 bits per heavy atom. The Morgan fingerprint density at radius 3 is 2.89 bits per heavy atom. The van der Waals surface area contributed by atoms with E-state index in [2.05, 4.69) is 28.1 Å². The summed E-state index contributed by atoms with van der Waals surface area (Å²) in [5.41, 5.74) is 2.77. The lowest BCUT2D eigenvalue weighted by molar-refractivity contribution is -0.118. The first-order valence-electron chi connectivity index (χ1n) is 9.96. The Morgan fingerprint density at radius 2 is 2.19 bits per heavy atom. The van der Waals surface area contributed by atoms with Crippen LogP contribution in [0.1, 0.15) is 44.6 Å². The van der Waals surface area contributed by atoms with Gasteiger partial charge in [-0.15, -0.1) is 0 Å². The Hall–Kier alpha value is -1.17. The number of amides is 1. The third-order valence-corrected chi connectivity index (χ3v) is 6.73. The zero-order valence-electron chi connectivity index (χ0n) is 16.3. The summed E-state index contributed by atoms with van der Waals surface area (Å²) in [7, 11) is 0. The molecule has 1 unspecified atom stereocenters. The van der Waals surface area contributed by atoms with Gasteiger partial charge in [0.25, 0.3) is 5.91 Å². The van der Waals surface area contributed by atoms with Crippen molar-refractivity contribution in [3.8, 4) is 0 Å². The molecule has 1 amide bonds. The summed E-state index contributed by atoms with van der Waals surface area (Å²) in [5, 5.41) is 7.36. The topological polar surface area (TPSA) is 44.4 Å². The quantitative estimate of drug-likeness (QED) is 0.633. The number of halogens is 1. The molecule has 1 aromatic rings. The first kappa shape index (κ1) is 20.6. The van der Waals surface area contributed by atoms with Gasteiger partial charge in [0.15, 0.2) is 0 Å². The minimum absolute atomic E-state index is 0.0176. The Labute approximate surface area is 172 Å². The van der Waals surface area contributed by atoms with Gasteiger partial charge < -0.3 is 10.6 Å². The summed E-state index contributed by atoms with van der Waals surface area (Å²) in [4.78, 5) is 12.9. The number of nitrogens with one attached hydrogen (secondary N) is 2. The number of allylic oxidation sites excluding steroid dienone is 1. The van der Waals surface area contributed by atoms with Crippen LogP contribution < -0.4 is 10.6 Å². The van der Waals surface area contributed by atoms with Crippen LogP contribution in [0.25, 0.3) is 0 Å². The van der Waals surface area contributed by atoms with E-state index in [1.165, 1.54) is 0 Å². The molecule has 1 atom stereocenters. The molecule has 0 aromatic heterocycles. The largest absolute Gasteiger partial charge is 0.351 e. The Bertz CT molecular complexity index is 686. The van der Waals surface area contributed by atoms with Crippen molar-refractivity contribution in [2.45, 2.75) is 51.5 Å². The fourth-order valence-corrected chi connectivity index (χ4v) is 4.74. The standard InChI is InChI=1S/C21H30ClN3OS/c1-3-4-5-18(15-10-12-25(27-2)13-11-15)24-21(26)20-8-6-16-14-17(22)7-9-19(16)23-20/h7-9,14-15,18,23H,3-6,10-13H2,1-2H3,(H,24,26). The maximum Gasteiger partial charge on any atom is 0.267 e. The van der Waals surface area contributed by atoms with Crippen molar-refractivity contribution in [1.29, 1.82) is 0 Å². The molecule has 148 valence electrons. The van der Waals surface area contributed by atoms with Gasteiger partial charge in [-0.05, 0) is 61.6 Å². The van der Waals surface area contributed by atoms with Crippen molar-refractivity contribution in [3.05, 3.63) is 40.6 Å². The average Bonchev–Trinajstić information content (AvgIpc) is 2.70. The van der Waals surface area contributed by atoms with Crippen LogP contribution >= 0.6 is 23.5 Å². The number of rotatable bonds is 7. The molecule has 3 rings (SSSR count). The molecule has 2 aliphatic rings. The maximum atomic E-state index is 12.9. The molecule has 0 saturated carbocycles. The van der Waals surface area contributed by atoms with Gasteiger partial charge >= 0.3 is 0 Å². The van der Waals surface area contributed by atoms with Crippen LogP contribution in [0.3, 0.4) is 0 Å². The third-order valence-electron chi connectivity index (χ3n) is 5.62. The second-order valence-corrected chi connectivity index (χ2v) is 8.74. The zero-order chi connectivity index (χ0) is 19.2. The predicted molar refractivity (Wildman–Crippen MR) is 116 cm³/mol.